The molecule has 0 spiro atoms. The highest BCUT2D eigenvalue weighted by atomic mass is 79.9. The van der Waals surface area contributed by atoms with Crippen molar-refractivity contribution in [3.63, 3.8) is 0 Å². The first kappa shape index (κ1) is 15.4. The zero-order valence-corrected chi connectivity index (χ0v) is 12.4. The minimum Gasteiger partial charge on any atom is -0.392 e. The smallest absolute Gasteiger partial charge is 0.328 e. The number of nitrogens with zero attached hydrogens (tertiary/aromatic N) is 1. The van der Waals surface area contributed by atoms with Crippen LogP contribution in [-0.4, -0.2) is 21.3 Å². The zero-order valence-electron chi connectivity index (χ0n) is 10.8. The molecule has 7 heteroatoms. The van der Waals surface area contributed by atoms with Crippen LogP contribution in [0.1, 0.15) is 5.56 Å². The van der Waals surface area contributed by atoms with E-state index in [0.29, 0.717) is 10.1 Å². The Hall–Kier alpha value is -1.99. The van der Waals surface area contributed by atoms with Crippen LogP contribution in [0.2, 0.25) is 0 Å². The number of aliphatic hydroxyl groups excluding tert-OH is 1. The summed E-state index contributed by atoms with van der Waals surface area (Å²) in [5.74, 6) is -1.04. The van der Waals surface area contributed by atoms with Gasteiger partial charge in [0.1, 0.15) is 0 Å². The van der Waals surface area contributed by atoms with E-state index in [-0.39, 0.29) is 13.2 Å². The average Bonchev–Trinajstić information content (AvgIpc) is 2.46. The van der Waals surface area contributed by atoms with E-state index in [1.165, 1.54) is 0 Å². The minimum absolute atomic E-state index is 0.00266. The Kier molecular flexibility index (Phi) is 4.87. The van der Waals surface area contributed by atoms with Crippen molar-refractivity contribution in [3.8, 4) is 0 Å². The highest BCUT2D eigenvalue weighted by Crippen LogP contribution is 2.23. The van der Waals surface area contributed by atoms with Gasteiger partial charge in [-0.15, -0.1) is 0 Å². The second kappa shape index (κ2) is 6.64. The second-order valence-electron chi connectivity index (χ2n) is 4.27. The summed E-state index contributed by atoms with van der Waals surface area (Å²) in [4.78, 5) is 24.5. The molecule has 0 saturated carbocycles. The van der Waals surface area contributed by atoms with Crippen molar-refractivity contribution in [1.29, 1.82) is 0 Å². The van der Waals surface area contributed by atoms with Crippen molar-refractivity contribution in [2.45, 2.75) is 6.54 Å². The van der Waals surface area contributed by atoms with Crippen molar-refractivity contribution in [2.75, 3.05) is 6.61 Å². The van der Waals surface area contributed by atoms with Gasteiger partial charge in [-0.05, 0) is 11.1 Å². The molecule has 2 aromatic rings. The fourth-order valence-electron chi connectivity index (χ4n) is 1.82. The van der Waals surface area contributed by atoms with E-state index in [9.17, 15) is 19.1 Å². The monoisotopic (exact) mass is 354 g/mol. The van der Waals surface area contributed by atoms with Gasteiger partial charge in [0.25, 0.3) is 5.56 Å². The molecule has 110 valence electrons. The standard InChI is InChI=1S/C14H12BrFN2O3/c15-11(10(8-19)9-4-2-1-3-5-9)6-18-7-12(16)13(20)17-14(18)21/h1-5,7,19H,6,8H2,(H,17,20,21)/b11-10-. The first-order valence-corrected chi connectivity index (χ1v) is 6.85. The Morgan fingerprint density at radius 1 is 1.29 bits per heavy atom. The van der Waals surface area contributed by atoms with Crippen LogP contribution in [0.3, 0.4) is 0 Å². The van der Waals surface area contributed by atoms with Gasteiger partial charge < -0.3 is 5.11 Å². The number of aromatic nitrogens is 2. The lowest BCUT2D eigenvalue weighted by molar-refractivity contribution is 0.349. The molecule has 0 aliphatic heterocycles. The van der Waals surface area contributed by atoms with Crippen LogP contribution in [-0.2, 0) is 6.54 Å². The number of H-pyrrole nitrogens is 1. The Morgan fingerprint density at radius 3 is 2.57 bits per heavy atom. The van der Waals surface area contributed by atoms with E-state index in [4.69, 9.17) is 0 Å². The molecule has 21 heavy (non-hydrogen) atoms. The van der Waals surface area contributed by atoms with Gasteiger partial charge in [0.15, 0.2) is 0 Å². The van der Waals surface area contributed by atoms with Crippen LogP contribution >= 0.6 is 15.9 Å². The number of hydrogen-bond donors (Lipinski definition) is 2. The summed E-state index contributed by atoms with van der Waals surface area (Å²) >= 11 is 3.30. The largest absolute Gasteiger partial charge is 0.392 e. The van der Waals surface area contributed by atoms with Crippen LogP contribution in [0.15, 0.2) is 50.6 Å². The van der Waals surface area contributed by atoms with E-state index >= 15 is 0 Å². The zero-order chi connectivity index (χ0) is 15.4. The van der Waals surface area contributed by atoms with Crippen molar-refractivity contribution in [2.24, 2.45) is 0 Å². The van der Waals surface area contributed by atoms with E-state index in [1.807, 2.05) is 35.3 Å². The van der Waals surface area contributed by atoms with Gasteiger partial charge in [0, 0.05) is 4.48 Å². The number of benzene rings is 1. The van der Waals surface area contributed by atoms with Gasteiger partial charge >= 0.3 is 5.69 Å². The SMILES string of the molecule is O=c1[nH]c(=O)n(C/C(Br)=C(\CO)c2ccccc2)cc1F. The quantitative estimate of drug-likeness (QED) is 0.872. The summed E-state index contributed by atoms with van der Waals surface area (Å²) in [6.45, 7) is -0.248. The predicted molar refractivity (Wildman–Crippen MR) is 80.7 cm³/mol. The molecule has 0 saturated heterocycles. The normalized spacial score (nSPS) is 12.1. The van der Waals surface area contributed by atoms with Gasteiger partial charge in [-0.2, -0.15) is 4.39 Å². The molecule has 1 aromatic heterocycles. The lowest BCUT2D eigenvalue weighted by Gasteiger charge is -2.10. The third kappa shape index (κ3) is 3.56. The Labute approximate surface area is 127 Å². The summed E-state index contributed by atoms with van der Waals surface area (Å²) < 4.78 is 14.8. The number of nitrogens with one attached hydrogen (secondary N) is 1. The van der Waals surface area contributed by atoms with Gasteiger partial charge in [-0.1, -0.05) is 46.3 Å². The van der Waals surface area contributed by atoms with Crippen LogP contribution in [0.4, 0.5) is 4.39 Å². The second-order valence-corrected chi connectivity index (χ2v) is 5.23. The van der Waals surface area contributed by atoms with Crippen LogP contribution in [0, 0.1) is 5.82 Å². The van der Waals surface area contributed by atoms with Crippen LogP contribution in [0.5, 0.6) is 0 Å². The Bertz CT molecular complexity index is 781. The van der Waals surface area contributed by atoms with Gasteiger partial charge in [-0.25, -0.2) is 4.79 Å². The fourth-order valence-corrected chi connectivity index (χ4v) is 2.44. The molecule has 1 aromatic carbocycles. The molecule has 0 unspecified atom stereocenters. The molecule has 0 aliphatic rings. The molecule has 0 atom stereocenters. The van der Waals surface area contributed by atoms with Gasteiger partial charge in [-0.3, -0.25) is 14.3 Å². The fraction of sp³-hybridized carbons (Fsp3) is 0.143. The number of aliphatic hydroxyl groups is 1. The maximum absolute atomic E-state index is 13.2. The van der Waals surface area contributed by atoms with Crippen molar-refractivity contribution in [1.82, 2.24) is 9.55 Å². The minimum atomic E-state index is -1.05. The maximum Gasteiger partial charge on any atom is 0.328 e. The third-order valence-corrected chi connectivity index (χ3v) is 3.61. The Morgan fingerprint density at radius 2 is 1.95 bits per heavy atom. The molecule has 0 radical (unpaired) electrons. The van der Waals surface area contributed by atoms with Crippen LogP contribution in [0.25, 0.3) is 5.57 Å². The molecule has 2 rings (SSSR count). The number of hydrogen-bond acceptors (Lipinski definition) is 3. The van der Waals surface area contributed by atoms with Crippen molar-refractivity contribution >= 4 is 21.5 Å². The lowest BCUT2D eigenvalue weighted by Crippen LogP contribution is -2.31. The lowest BCUT2D eigenvalue weighted by atomic mass is 10.1. The molecule has 0 fully saturated rings. The summed E-state index contributed by atoms with van der Waals surface area (Å²) in [6.07, 6.45) is 0.836. The predicted octanol–water partition coefficient (Wildman–Crippen LogP) is 1.47. The van der Waals surface area contributed by atoms with Crippen molar-refractivity contribution < 1.29 is 9.50 Å². The molecule has 0 aliphatic carbocycles. The van der Waals surface area contributed by atoms with Gasteiger partial charge in [0.2, 0.25) is 5.82 Å². The summed E-state index contributed by atoms with van der Waals surface area (Å²) in [7, 11) is 0. The average molecular weight is 355 g/mol. The van der Waals surface area contributed by atoms with E-state index in [0.717, 1.165) is 16.3 Å². The van der Waals surface area contributed by atoms with E-state index < -0.39 is 17.1 Å². The Balaban J connectivity index is 2.42. The number of rotatable bonds is 4. The maximum atomic E-state index is 13.2. The molecule has 0 amide bonds. The first-order chi connectivity index (χ1) is 10.0. The number of halogens is 2. The molecule has 1 heterocycles. The summed E-state index contributed by atoms with van der Waals surface area (Å²) in [5.41, 5.74) is -0.413. The summed E-state index contributed by atoms with van der Waals surface area (Å²) in [6, 6.07) is 9.09. The molecule has 0 bridgehead atoms. The van der Waals surface area contributed by atoms with Gasteiger partial charge in [0.05, 0.1) is 19.3 Å². The number of allylic oxidation sites excluding steroid dienone is 1. The topological polar surface area (TPSA) is 75.1 Å². The van der Waals surface area contributed by atoms with E-state index in [1.54, 1.807) is 0 Å². The van der Waals surface area contributed by atoms with Crippen molar-refractivity contribution in [3.05, 3.63) is 73.2 Å². The third-order valence-electron chi connectivity index (χ3n) is 2.88. The molecule has 2 N–H and O–H groups in total. The van der Waals surface area contributed by atoms with Crippen LogP contribution < -0.4 is 11.2 Å². The molecular formula is C14H12BrFN2O3. The summed E-state index contributed by atoms with van der Waals surface area (Å²) in [5, 5.41) is 9.49. The number of aromatic amines is 1. The highest BCUT2D eigenvalue weighted by Gasteiger charge is 2.09. The molecule has 5 nitrogen and oxygen atoms in total. The van der Waals surface area contributed by atoms with E-state index in [2.05, 4.69) is 15.9 Å². The molecular weight excluding hydrogens is 343 g/mol. The first-order valence-electron chi connectivity index (χ1n) is 6.06. The highest BCUT2D eigenvalue weighted by molar-refractivity contribution is 9.11.